The molecule has 0 bridgehead atoms. The standard InChI is InChI=1S/C21H24N2O4.C17H14Cl2F2N2O3/c1-13(11-14-3-5-15(27-2)6-4-14)22-12-19(25)16-7-9-18(24)21-17(16)8-10-20(26)23-21;18-11-6-22-7-12(19)15(11)23-16(24)10-3-4-13(26-17(20)21)14(5-10)25-8-9-1-2-9/h3-10,13,19,22,24-25H,11-12H2,1-2H3,(H,23,26);3-7,9,17H,1-2,8H2,(H,22,23,24)/t13-,19+;/m1./s1. The van der Waals surface area contributed by atoms with Gasteiger partial charge in [0.25, 0.3) is 5.91 Å². The number of aromatic amines is 1. The number of methoxy groups -OCH3 is 1. The van der Waals surface area contributed by atoms with Gasteiger partial charge in [0.1, 0.15) is 11.5 Å². The van der Waals surface area contributed by atoms with Gasteiger partial charge in [0.05, 0.1) is 41.1 Å². The van der Waals surface area contributed by atoms with Gasteiger partial charge in [-0.1, -0.05) is 41.4 Å². The second kappa shape index (κ2) is 18.2. The summed E-state index contributed by atoms with van der Waals surface area (Å²) in [6, 6.07) is 18.2. The number of amides is 1. The fourth-order valence-corrected chi connectivity index (χ4v) is 5.78. The first kappa shape index (κ1) is 39.3. The molecular weight excluding hydrogens is 733 g/mol. The van der Waals surface area contributed by atoms with Crippen LogP contribution in [0.3, 0.4) is 0 Å². The van der Waals surface area contributed by atoms with E-state index < -0.39 is 18.6 Å². The van der Waals surface area contributed by atoms with Crippen LogP contribution in [0.2, 0.25) is 10.0 Å². The van der Waals surface area contributed by atoms with Crippen molar-refractivity contribution >= 4 is 45.7 Å². The van der Waals surface area contributed by atoms with Crippen LogP contribution < -0.4 is 30.4 Å². The average molecular weight is 772 g/mol. The summed E-state index contributed by atoms with van der Waals surface area (Å²) in [5.41, 5.74) is 2.27. The van der Waals surface area contributed by atoms with Crippen LogP contribution in [-0.4, -0.2) is 59.0 Å². The molecule has 15 heteroatoms. The maximum absolute atomic E-state index is 12.6. The first-order valence-corrected chi connectivity index (χ1v) is 17.4. The number of halogens is 4. The van der Waals surface area contributed by atoms with Gasteiger partial charge in [-0.3, -0.25) is 14.6 Å². The van der Waals surface area contributed by atoms with E-state index in [0.29, 0.717) is 35.5 Å². The predicted molar refractivity (Wildman–Crippen MR) is 199 cm³/mol. The average Bonchev–Trinajstić information content (AvgIpc) is 3.97. The highest BCUT2D eigenvalue weighted by Crippen LogP contribution is 2.35. The van der Waals surface area contributed by atoms with Crippen LogP contribution in [0.25, 0.3) is 10.9 Å². The molecule has 6 rings (SSSR count). The Morgan fingerprint density at radius 1 is 1.02 bits per heavy atom. The second-order valence-electron chi connectivity index (χ2n) is 12.4. The zero-order valence-electron chi connectivity index (χ0n) is 28.7. The Bertz CT molecular complexity index is 2060. The number of hydrogen-bond acceptors (Lipinski definition) is 9. The van der Waals surface area contributed by atoms with Gasteiger partial charge >= 0.3 is 6.61 Å². The summed E-state index contributed by atoms with van der Waals surface area (Å²) in [5.74, 6) is 0.640. The molecule has 2 atom stereocenters. The van der Waals surface area contributed by atoms with E-state index in [1.807, 2.05) is 24.3 Å². The number of ether oxygens (including phenoxy) is 3. The zero-order valence-corrected chi connectivity index (χ0v) is 30.3. The Labute approximate surface area is 313 Å². The van der Waals surface area contributed by atoms with Crippen LogP contribution in [0.5, 0.6) is 23.0 Å². The van der Waals surface area contributed by atoms with Gasteiger partial charge in [-0.15, -0.1) is 0 Å². The zero-order chi connectivity index (χ0) is 38.1. The third kappa shape index (κ3) is 11.0. The minimum Gasteiger partial charge on any atom is -0.506 e. The summed E-state index contributed by atoms with van der Waals surface area (Å²) in [6.07, 6.45) is 4.80. The number of alkyl halides is 2. The number of phenolic OH excluding ortho intramolecular Hbond substituents is 1. The van der Waals surface area contributed by atoms with Crippen LogP contribution in [0.1, 0.15) is 47.4 Å². The van der Waals surface area contributed by atoms with E-state index >= 15 is 0 Å². The number of aromatic hydroxyl groups is 1. The maximum Gasteiger partial charge on any atom is 0.387 e. The Kier molecular flexibility index (Phi) is 13.5. The van der Waals surface area contributed by atoms with Gasteiger partial charge in [-0.2, -0.15) is 8.78 Å². The number of benzene rings is 3. The molecule has 0 unspecified atom stereocenters. The summed E-state index contributed by atoms with van der Waals surface area (Å²) in [7, 11) is 1.64. The van der Waals surface area contributed by atoms with Crippen molar-refractivity contribution in [1.29, 1.82) is 0 Å². The van der Waals surface area contributed by atoms with E-state index in [4.69, 9.17) is 32.7 Å². The van der Waals surface area contributed by atoms with Crippen molar-refractivity contribution in [2.75, 3.05) is 25.6 Å². The molecule has 0 radical (unpaired) electrons. The molecule has 1 amide bonds. The molecule has 1 aliphatic carbocycles. The van der Waals surface area contributed by atoms with Gasteiger partial charge in [-0.25, -0.2) is 0 Å². The van der Waals surface area contributed by atoms with E-state index in [9.17, 15) is 28.6 Å². The lowest BCUT2D eigenvalue weighted by atomic mass is 10.0. The summed E-state index contributed by atoms with van der Waals surface area (Å²) >= 11 is 12.0. The molecule has 1 saturated carbocycles. The number of aromatic nitrogens is 2. The van der Waals surface area contributed by atoms with E-state index in [1.165, 1.54) is 48.3 Å². The molecule has 2 heterocycles. The fourth-order valence-electron chi connectivity index (χ4n) is 5.32. The third-order valence-electron chi connectivity index (χ3n) is 8.31. The van der Waals surface area contributed by atoms with Crippen LogP contribution >= 0.6 is 23.2 Å². The van der Waals surface area contributed by atoms with E-state index in [0.717, 1.165) is 25.0 Å². The molecule has 1 fully saturated rings. The van der Waals surface area contributed by atoms with Gasteiger partial charge in [0.15, 0.2) is 11.5 Å². The molecule has 0 saturated heterocycles. The van der Waals surface area contributed by atoms with Gasteiger partial charge in [0, 0.05) is 42.0 Å². The highest BCUT2D eigenvalue weighted by Gasteiger charge is 2.24. The monoisotopic (exact) mass is 770 g/mol. The highest BCUT2D eigenvalue weighted by atomic mass is 35.5. The molecule has 280 valence electrons. The molecule has 2 aromatic heterocycles. The van der Waals surface area contributed by atoms with E-state index in [1.54, 1.807) is 19.2 Å². The predicted octanol–water partition coefficient (Wildman–Crippen LogP) is 7.53. The molecule has 11 nitrogen and oxygen atoms in total. The lowest BCUT2D eigenvalue weighted by Gasteiger charge is -2.19. The number of carbonyl (C=O) groups is 1. The summed E-state index contributed by atoms with van der Waals surface area (Å²) in [5, 5.41) is 27.4. The molecule has 5 aromatic rings. The third-order valence-corrected chi connectivity index (χ3v) is 8.88. The number of aliphatic hydroxyl groups excluding tert-OH is 1. The number of rotatable bonds is 14. The molecule has 1 aliphatic rings. The van der Waals surface area contributed by atoms with Gasteiger partial charge in [0.2, 0.25) is 5.56 Å². The normalized spacial score (nSPS) is 13.5. The van der Waals surface area contributed by atoms with E-state index in [2.05, 4.69) is 32.3 Å². The molecule has 0 aliphatic heterocycles. The second-order valence-corrected chi connectivity index (χ2v) is 13.2. The topological polar surface area (TPSA) is 155 Å². The van der Waals surface area contributed by atoms with Crippen molar-refractivity contribution in [2.45, 2.75) is 44.9 Å². The van der Waals surface area contributed by atoms with E-state index in [-0.39, 0.29) is 50.1 Å². The number of carbonyl (C=O) groups excluding carboxylic acids is 1. The van der Waals surface area contributed by atoms with Crippen LogP contribution in [0.4, 0.5) is 14.5 Å². The number of H-pyrrole nitrogens is 1. The molecule has 53 heavy (non-hydrogen) atoms. The van der Waals surface area contributed by atoms with Crippen molar-refractivity contribution in [1.82, 2.24) is 15.3 Å². The van der Waals surface area contributed by atoms with Crippen LogP contribution in [0, 0.1) is 5.92 Å². The number of phenols is 1. The first-order chi connectivity index (χ1) is 25.4. The van der Waals surface area contributed by atoms with Gasteiger partial charge in [-0.05, 0) is 85.7 Å². The number of fused-ring (bicyclic) bond motifs is 1. The molecular formula is C38H38Cl2F2N4O7. The Hall–Kier alpha value is -4.95. The number of anilines is 1. The first-order valence-electron chi connectivity index (χ1n) is 16.6. The number of pyridine rings is 2. The number of nitrogens with zero attached hydrogens (tertiary/aromatic N) is 1. The molecule has 3 aromatic carbocycles. The smallest absolute Gasteiger partial charge is 0.387 e. The minimum atomic E-state index is -2.99. The van der Waals surface area contributed by atoms with Crippen LogP contribution in [0.15, 0.2) is 83.9 Å². The summed E-state index contributed by atoms with van der Waals surface area (Å²) < 4.78 is 40.3. The largest absolute Gasteiger partial charge is 0.506 e. The molecule has 5 N–H and O–H groups in total. The Balaban J connectivity index is 0.000000204. The quantitative estimate of drug-likeness (QED) is 0.0771. The van der Waals surface area contributed by atoms with Crippen LogP contribution in [-0.2, 0) is 6.42 Å². The highest BCUT2D eigenvalue weighted by molar-refractivity contribution is 6.39. The maximum atomic E-state index is 12.6. The Morgan fingerprint density at radius 3 is 2.40 bits per heavy atom. The fraction of sp³-hybridized carbons (Fsp3) is 0.289. The van der Waals surface area contributed by atoms with Crippen molar-refractivity contribution in [3.63, 3.8) is 0 Å². The summed E-state index contributed by atoms with van der Waals surface area (Å²) in [4.78, 5) is 30.4. The van der Waals surface area contributed by atoms with Crippen molar-refractivity contribution in [3.8, 4) is 23.0 Å². The van der Waals surface area contributed by atoms with Crippen molar-refractivity contribution in [2.24, 2.45) is 5.92 Å². The molecule has 0 spiro atoms. The van der Waals surface area contributed by atoms with Crippen molar-refractivity contribution in [3.05, 3.63) is 116 Å². The minimum absolute atomic E-state index is 0.0144. The van der Waals surface area contributed by atoms with Crippen molar-refractivity contribution < 1.29 is 38.0 Å². The SMILES string of the molecule is COc1ccc(C[C@@H](C)NC[C@H](O)c2ccc(O)c3[nH]c(=O)ccc23)cc1.O=C(Nc1c(Cl)cncc1Cl)c1ccc(OC(F)F)c(OCC2CC2)c1. The number of aliphatic hydroxyl groups is 1. The summed E-state index contributed by atoms with van der Waals surface area (Å²) in [6.45, 7) is -0.195. The number of hydrogen-bond donors (Lipinski definition) is 5. The lowest BCUT2D eigenvalue weighted by molar-refractivity contribution is -0.0515. The number of nitrogens with one attached hydrogen (secondary N) is 3. The van der Waals surface area contributed by atoms with Gasteiger partial charge < -0.3 is 40.0 Å². The Morgan fingerprint density at radius 2 is 1.74 bits per heavy atom. The lowest BCUT2D eigenvalue weighted by Crippen LogP contribution is -2.32.